The lowest BCUT2D eigenvalue weighted by molar-refractivity contribution is 0.122. The van der Waals surface area contributed by atoms with E-state index in [1.807, 2.05) is 0 Å². The SMILES string of the molecule is CCCNC(COCC)Cc1ccc(C(C)(C)C)cc1. The molecule has 0 aliphatic rings. The molecule has 0 heterocycles. The van der Waals surface area contributed by atoms with Crippen molar-refractivity contribution in [2.75, 3.05) is 19.8 Å². The highest BCUT2D eigenvalue weighted by atomic mass is 16.5. The molecule has 0 spiro atoms. The molecule has 0 radical (unpaired) electrons. The van der Waals surface area contributed by atoms with Gasteiger partial charge in [-0.15, -0.1) is 0 Å². The molecule has 1 aromatic carbocycles. The van der Waals surface area contributed by atoms with Crippen LogP contribution in [-0.4, -0.2) is 25.8 Å². The van der Waals surface area contributed by atoms with E-state index in [0.29, 0.717) is 6.04 Å². The van der Waals surface area contributed by atoms with E-state index in [2.05, 4.69) is 64.2 Å². The molecule has 0 aliphatic carbocycles. The first-order valence-electron chi connectivity index (χ1n) is 7.88. The Bertz CT molecular complexity index is 356. The lowest BCUT2D eigenvalue weighted by atomic mass is 9.86. The smallest absolute Gasteiger partial charge is 0.0622 e. The zero-order valence-electron chi connectivity index (χ0n) is 13.8. The maximum atomic E-state index is 5.58. The van der Waals surface area contributed by atoms with E-state index in [-0.39, 0.29) is 5.41 Å². The number of ether oxygens (including phenoxy) is 1. The Hall–Kier alpha value is -0.860. The normalized spacial score (nSPS) is 13.4. The first-order valence-corrected chi connectivity index (χ1v) is 7.88. The molecule has 0 aromatic heterocycles. The molecule has 1 N–H and O–H groups in total. The van der Waals surface area contributed by atoms with Crippen molar-refractivity contribution >= 4 is 0 Å². The van der Waals surface area contributed by atoms with E-state index in [4.69, 9.17) is 4.74 Å². The number of rotatable bonds is 8. The summed E-state index contributed by atoms with van der Waals surface area (Å²) in [5, 5.41) is 3.57. The summed E-state index contributed by atoms with van der Waals surface area (Å²) in [5.74, 6) is 0. The molecular formula is C18H31NO. The van der Waals surface area contributed by atoms with Crippen LogP contribution in [0.5, 0.6) is 0 Å². The van der Waals surface area contributed by atoms with E-state index in [9.17, 15) is 0 Å². The van der Waals surface area contributed by atoms with E-state index in [0.717, 1.165) is 32.6 Å². The average molecular weight is 277 g/mol. The summed E-state index contributed by atoms with van der Waals surface area (Å²) in [6, 6.07) is 9.44. The zero-order chi connectivity index (χ0) is 15.0. The maximum absolute atomic E-state index is 5.58. The lowest BCUT2D eigenvalue weighted by Crippen LogP contribution is -2.36. The van der Waals surface area contributed by atoms with Gasteiger partial charge in [0.05, 0.1) is 6.61 Å². The number of benzene rings is 1. The van der Waals surface area contributed by atoms with Gasteiger partial charge in [0.15, 0.2) is 0 Å². The van der Waals surface area contributed by atoms with Gasteiger partial charge < -0.3 is 10.1 Å². The van der Waals surface area contributed by atoms with Gasteiger partial charge in [0.25, 0.3) is 0 Å². The highest BCUT2D eigenvalue weighted by Crippen LogP contribution is 2.22. The molecular weight excluding hydrogens is 246 g/mol. The molecule has 0 saturated heterocycles. The minimum Gasteiger partial charge on any atom is -0.380 e. The quantitative estimate of drug-likeness (QED) is 0.777. The molecule has 1 rings (SSSR count). The minimum atomic E-state index is 0.226. The summed E-state index contributed by atoms with van der Waals surface area (Å²) >= 11 is 0. The molecule has 2 nitrogen and oxygen atoms in total. The largest absolute Gasteiger partial charge is 0.380 e. The second kappa shape index (κ2) is 8.43. The van der Waals surface area contributed by atoms with Gasteiger partial charge in [0.1, 0.15) is 0 Å². The highest BCUT2D eigenvalue weighted by Gasteiger charge is 2.14. The Balaban J connectivity index is 2.62. The molecule has 114 valence electrons. The first kappa shape index (κ1) is 17.2. The van der Waals surface area contributed by atoms with E-state index in [1.165, 1.54) is 11.1 Å². The molecule has 2 heteroatoms. The molecule has 0 fully saturated rings. The van der Waals surface area contributed by atoms with Gasteiger partial charge in [-0.1, -0.05) is 52.0 Å². The monoisotopic (exact) mass is 277 g/mol. The van der Waals surface area contributed by atoms with Crippen molar-refractivity contribution in [2.24, 2.45) is 0 Å². The third kappa shape index (κ3) is 6.06. The molecule has 0 aliphatic heterocycles. The molecule has 0 bridgehead atoms. The fourth-order valence-corrected chi connectivity index (χ4v) is 2.22. The van der Waals surface area contributed by atoms with Crippen molar-refractivity contribution in [1.82, 2.24) is 5.32 Å². The van der Waals surface area contributed by atoms with E-state index in [1.54, 1.807) is 0 Å². The predicted octanol–water partition coefficient (Wildman–Crippen LogP) is 3.93. The van der Waals surface area contributed by atoms with Crippen LogP contribution in [0.3, 0.4) is 0 Å². The summed E-state index contributed by atoms with van der Waals surface area (Å²) in [6.45, 7) is 13.6. The molecule has 0 amide bonds. The zero-order valence-corrected chi connectivity index (χ0v) is 13.8. The minimum absolute atomic E-state index is 0.226. The topological polar surface area (TPSA) is 21.3 Å². The first-order chi connectivity index (χ1) is 9.47. The van der Waals surface area contributed by atoms with Gasteiger partial charge in [-0.05, 0) is 42.9 Å². The second-order valence-corrected chi connectivity index (χ2v) is 6.46. The highest BCUT2D eigenvalue weighted by molar-refractivity contribution is 5.28. The number of hydrogen-bond donors (Lipinski definition) is 1. The Kier molecular flexibility index (Phi) is 7.25. The standard InChI is InChI=1S/C18H31NO/c1-6-12-19-17(14-20-7-2)13-15-8-10-16(11-9-15)18(3,4)5/h8-11,17,19H,6-7,12-14H2,1-5H3. The third-order valence-corrected chi connectivity index (χ3v) is 3.51. The van der Waals surface area contributed by atoms with Gasteiger partial charge >= 0.3 is 0 Å². The molecule has 1 aromatic rings. The maximum Gasteiger partial charge on any atom is 0.0622 e. The van der Waals surface area contributed by atoms with Crippen molar-refractivity contribution in [3.8, 4) is 0 Å². The van der Waals surface area contributed by atoms with Gasteiger partial charge in [0, 0.05) is 12.6 Å². The Labute approximate surface area is 124 Å². The van der Waals surface area contributed by atoms with Gasteiger partial charge in [-0.25, -0.2) is 0 Å². The van der Waals surface area contributed by atoms with Crippen molar-refractivity contribution in [1.29, 1.82) is 0 Å². The van der Waals surface area contributed by atoms with Crippen LogP contribution in [0.2, 0.25) is 0 Å². The van der Waals surface area contributed by atoms with Gasteiger partial charge in [0.2, 0.25) is 0 Å². The van der Waals surface area contributed by atoms with Crippen LogP contribution in [-0.2, 0) is 16.6 Å². The number of nitrogens with one attached hydrogen (secondary N) is 1. The van der Waals surface area contributed by atoms with Crippen LogP contribution < -0.4 is 5.32 Å². The molecule has 1 atom stereocenters. The van der Waals surface area contributed by atoms with Crippen molar-refractivity contribution in [2.45, 2.75) is 58.9 Å². The lowest BCUT2D eigenvalue weighted by Gasteiger charge is -2.21. The Morgan fingerprint density at radius 1 is 1.10 bits per heavy atom. The van der Waals surface area contributed by atoms with Crippen LogP contribution in [0.1, 0.15) is 52.2 Å². The van der Waals surface area contributed by atoms with Crippen molar-refractivity contribution < 1.29 is 4.74 Å². The second-order valence-electron chi connectivity index (χ2n) is 6.46. The summed E-state index contributed by atoms with van der Waals surface area (Å²) in [4.78, 5) is 0. The summed E-state index contributed by atoms with van der Waals surface area (Å²) in [7, 11) is 0. The summed E-state index contributed by atoms with van der Waals surface area (Å²) in [6.07, 6.45) is 2.19. The number of hydrogen-bond acceptors (Lipinski definition) is 2. The van der Waals surface area contributed by atoms with Crippen LogP contribution in [0, 0.1) is 0 Å². The third-order valence-electron chi connectivity index (χ3n) is 3.51. The van der Waals surface area contributed by atoms with E-state index < -0.39 is 0 Å². The summed E-state index contributed by atoms with van der Waals surface area (Å²) < 4.78 is 5.58. The van der Waals surface area contributed by atoms with E-state index >= 15 is 0 Å². The average Bonchev–Trinajstić information content (AvgIpc) is 2.41. The van der Waals surface area contributed by atoms with Crippen LogP contribution in [0.4, 0.5) is 0 Å². The fraction of sp³-hybridized carbons (Fsp3) is 0.667. The fourth-order valence-electron chi connectivity index (χ4n) is 2.22. The molecule has 20 heavy (non-hydrogen) atoms. The molecule has 1 unspecified atom stereocenters. The van der Waals surface area contributed by atoms with Crippen molar-refractivity contribution in [3.05, 3.63) is 35.4 Å². The van der Waals surface area contributed by atoms with Gasteiger partial charge in [-0.3, -0.25) is 0 Å². The predicted molar refractivity (Wildman–Crippen MR) is 87.4 cm³/mol. The van der Waals surface area contributed by atoms with Crippen molar-refractivity contribution in [3.63, 3.8) is 0 Å². The Morgan fingerprint density at radius 2 is 1.75 bits per heavy atom. The molecule has 0 saturated carbocycles. The van der Waals surface area contributed by atoms with Crippen LogP contribution >= 0.6 is 0 Å². The van der Waals surface area contributed by atoms with Gasteiger partial charge in [-0.2, -0.15) is 0 Å². The van der Waals surface area contributed by atoms with Crippen LogP contribution in [0.15, 0.2) is 24.3 Å². The Morgan fingerprint density at radius 3 is 2.25 bits per heavy atom. The summed E-state index contributed by atoms with van der Waals surface area (Å²) in [5.41, 5.74) is 3.00. The van der Waals surface area contributed by atoms with Crippen LogP contribution in [0.25, 0.3) is 0 Å².